The molecule has 3 heteroatoms. The van der Waals surface area contributed by atoms with Crippen molar-refractivity contribution < 1.29 is 15.3 Å². The molecule has 0 radical (unpaired) electrons. The highest BCUT2D eigenvalue weighted by molar-refractivity contribution is 4.85. The van der Waals surface area contributed by atoms with Crippen molar-refractivity contribution in [2.24, 2.45) is 23.7 Å². The van der Waals surface area contributed by atoms with Crippen LogP contribution in [0.1, 0.15) is 58.8 Å². The van der Waals surface area contributed by atoms with E-state index in [9.17, 15) is 4.39 Å². The highest BCUT2D eigenvalue weighted by Crippen LogP contribution is 2.42. The largest absolute Gasteiger partial charge is 0.412 e. The van der Waals surface area contributed by atoms with Gasteiger partial charge in [-0.05, 0) is 49.4 Å². The van der Waals surface area contributed by atoms with Gasteiger partial charge in [-0.25, -0.2) is 4.39 Å². The molecule has 3 unspecified atom stereocenters. The second-order valence-electron chi connectivity index (χ2n) is 6.12. The van der Waals surface area contributed by atoms with Gasteiger partial charge < -0.3 is 11.0 Å². The normalized spacial score (nSPS) is 42.2. The van der Waals surface area contributed by atoms with Crippen LogP contribution in [0.3, 0.4) is 0 Å². The Morgan fingerprint density at radius 1 is 0.765 bits per heavy atom. The Balaban J connectivity index is 0.00000128. The van der Waals surface area contributed by atoms with Crippen LogP contribution >= 0.6 is 0 Å². The van der Waals surface area contributed by atoms with Gasteiger partial charge in [-0.3, -0.25) is 0 Å². The van der Waals surface area contributed by atoms with Gasteiger partial charge in [-0.15, -0.1) is 0 Å². The molecule has 0 aromatic heterocycles. The maximum absolute atomic E-state index is 14.0. The Kier molecular flexibility index (Phi) is 7.26. The van der Waals surface area contributed by atoms with Gasteiger partial charge in [0.05, 0.1) is 0 Å². The van der Waals surface area contributed by atoms with Crippen molar-refractivity contribution >= 4 is 0 Å². The summed E-state index contributed by atoms with van der Waals surface area (Å²) < 4.78 is 14.0. The standard InChI is InChI=1S/C14H25F.2H2O/c1-10-3-6-12(7-4-10)13-8-5-11(2)9-14(13)15;;/h10-14H,3-9H2,1-2H3;2*1H2. The lowest BCUT2D eigenvalue weighted by Gasteiger charge is -2.38. The van der Waals surface area contributed by atoms with Gasteiger partial charge in [0, 0.05) is 0 Å². The third-order valence-electron chi connectivity index (χ3n) is 4.75. The molecule has 3 atom stereocenters. The first-order chi connectivity index (χ1) is 7.16. The molecule has 17 heavy (non-hydrogen) atoms. The predicted molar refractivity (Wildman–Crippen MR) is 69.8 cm³/mol. The number of rotatable bonds is 1. The molecule has 104 valence electrons. The van der Waals surface area contributed by atoms with Gasteiger partial charge in [0.1, 0.15) is 6.17 Å². The third-order valence-corrected chi connectivity index (χ3v) is 4.75. The minimum atomic E-state index is -0.493. The summed E-state index contributed by atoms with van der Waals surface area (Å²) >= 11 is 0. The zero-order chi connectivity index (χ0) is 10.8. The van der Waals surface area contributed by atoms with Gasteiger partial charge in [-0.2, -0.15) is 0 Å². The fraction of sp³-hybridized carbons (Fsp3) is 1.00. The summed E-state index contributed by atoms with van der Waals surface area (Å²) in [5, 5.41) is 0. The van der Waals surface area contributed by atoms with E-state index in [1.165, 1.54) is 32.1 Å². The average molecular weight is 248 g/mol. The molecule has 2 nitrogen and oxygen atoms in total. The van der Waals surface area contributed by atoms with E-state index in [1.807, 2.05) is 0 Å². The molecule has 0 bridgehead atoms. The van der Waals surface area contributed by atoms with Crippen molar-refractivity contribution in [1.82, 2.24) is 0 Å². The molecule has 0 saturated heterocycles. The Morgan fingerprint density at radius 2 is 1.29 bits per heavy atom. The summed E-state index contributed by atoms with van der Waals surface area (Å²) in [6.07, 6.45) is 8.01. The van der Waals surface area contributed by atoms with E-state index >= 15 is 0 Å². The number of hydrogen-bond donors (Lipinski definition) is 0. The third kappa shape index (κ3) is 4.22. The fourth-order valence-electron chi connectivity index (χ4n) is 3.58. The molecule has 2 aliphatic carbocycles. The minimum absolute atomic E-state index is 0. The zero-order valence-corrected chi connectivity index (χ0v) is 11.2. The highest BCUT2D eigenvalue weighted by atomic mass is 19.1. The molecule has 0 spiro atoms. The maximum Gasteiger partial charge on any atom is 0.103 e. The second kappa shape index (κ2) is 7.32. The van der Waals surface area contributed by atoms with Crippen LogP contribution in [0.5, 0.6) is 0 Å². The summed E-state index contributed by atoms with van der Waals surface area (Å²) in [6, 6.07) is 0. The Morgan fingerprint density at radius 3 is 1.82 bits per heavy atom. The molecule has 0 heterocycles. The minimum Gasteiger partial charge on any atom is -0.412 e. The Bertz CT molecular complexity index is 202. The smallest absolute Gasteiger partial charge is 0.103 e. The quantitative estimate of drug-likeness (QED) is 0.685. The van der Waals surface area contributed by atoms with E-state index in [2.05, 4.69) is 13.8 Å². The van der Waals surface area contributed by atoms with Crippen LogP contribution in [0.4, 0.5) is 4.39 Å². The molecule has 2 rings (SSSR count). The molecule has 4 N–H and O–H groups in total. The summed E-state index contributed by atoms with van der Waals surface area (Å²) in [5.41, 5.74) is 0. The van der Waals surface area contributed by atoms with Crippen LogP contribution in [-0.2, 0) is 0 Å². The number of alkyl halides is 1. The summed E-state index contributed by atoms with van der Waals surface area (Å²) in [7, 11) is 0. The van der Waals surface area contributed by atoms with Crippen LogP contribution in [0.25, 0.3) is 0 Å². The predicted octanol–water partition coefficient (Wildman–Crippen LogP) is 2.94. The maximum atomic E-state index is 14.0. The molecule has 0 aliphatic heterocycles. The van der Waals surface area contributed by atoms with E-state index in [0.717, 1.165) is 18.8 Å². The lowest BCUT2D eigenvalue weighted by molar-refractivity contribution is 0.0644. The summed E-state index contributed by atoms with van der Waals surface area (Å²) in [6.45, 7) is 4.54. The van der Waals surface area contributed by atoms with E-state index < -0.39 is 6.17 Å². The van der Waals surface area contributed by atoms with Crippen LogP contribution in [0.15, 0.2) is 0 Å². The van der Waals surface area contributed by atoms with Crippen molar-refractivity contribution in [3.63, 3.8) is 0 Å². The molecule has 2 aliphatic rings. The van der Waals surface area contributed by atoms with Gasteiger partial charge in [0.2, 0.25) is 0 Å². The number of hydrogen-bond acceptors (Lipinski definition) is 0. The lowest BCUT2D eigenvalue weighted by Crippen LogP contribution is -2.33. The second-order valence-corrected chi connectivity index (χ2v) is 6.12. The van der Waals surface area contributed by atoms with Crippen LogP contribution in [0, 0.1) is 23.7 Å². The number of halogens is 1. The monoisotopic (exact) mass is 248 g/mol. The van der Waals surface area contributed by atoms with Crippen molar-refractivity contribution in [2.45, 2.75) is 65.0 Å². The van der Waals surface area contributed by atoms with Crippen molar-refractivity contribution in [1.29, 1.82) is 0 Å². The van der Waals surface area contributed by atoms with Crippen molar-refractivity contribution in [3.05, 3.63) is 0 Å². The summed E-state index contributed by atoms with van der Waals surface area (Å²) in [5.74, 6) is 2.64. The first kappa shape index (κ1) is 16.9. The van der Waals surface area contributed by atoms with Gasteiger partial charge in [0.15, 0.2) is 0 Å². The molecular weight excluding hydrogens is 219 g/mol. The SMILES string of the molecule is CC1CCC(C2CCC(C)CC2F)CC1.O.O. The van der Waals surface area contributed by atoms with Crippen molar-refractivity contribution in [2.75, 3.05) is 0 Å². The molecular formula is C14H29FO2. The molecule has 2 fully saturated rings. The topological polar surface area (TPSA) is 63.0 Å². The molecule has 0 aromatic rings. The first-order valence-corrected chi connectivity index (χ1v) is 6.81. The molecule has 0 amide bonds. The van der Waals surface area contributed by atoms with Crippen LogP contribution in [0.2, 0.25) is 0 Å². The Labute approximate surface area is 105 Å². The zero-order valence-electron chi connectivity index (χ0n) is 11.2. The fourth-order valence-corrected chi connectivity index (χ4v) is 3.58. The van der Waals surface area contributed by atoms with E-state index in [4.69, 9.17) is 0 Å². The van der Waals surface area contributed by atoms with E-state index in [1.54, 1.807) is 0 Å². The van der Waals surface area contributed by atoms with Crippen LogP contribution < -0.4 is 0 Å². The van der Waals surface area contributed by atoms with Gasteiger partial charge in [0.25, 0.3) is 0 Å². The first-order valence-electron chi connectivity index (χ1n) is 6.81. The molecule has 0 aromatic carbocycles. The van der Waals surface area contributed by atoms with E-state index in [-0.39, 0.29) is 11.0 Å². The average Bonchev–Trinajstić information content (AvgIpc) is 2.20. The highest BCUT2D eigenvalue weighted by Gasteiger charge is 2.35. The summed E-state index contributed by atoms with van der Waals surface area (Å²) in [4.78, 5) is 0. The molecule has 2 saturated carbocycles. The van der Waals surface area contributed by atoms with E-state index in [0.29, 0.717) is 17.8 Å². The van der Waals surface area contributed by atoms with Gasteiger partial charge >= 0.3 is 0 Å². The Hall–Kier alpha value is -0.150. The lowest BCUT2D eigenvalue weighted by atomic mass is 9.69. The van der Waals surface area contributed by atoms with Crippen molar-refractivity contribution in [3.8, 4) is 0 Å². The van der Waals surface area contributed by atoms with Gasteiger partial charge in [-0.1, -0.05) is 33.1 Å². The van der Waals surface area contributed by atoms with Crippen LogP contribution in [-0.4, -0.2) is 17.1 Å².